The third-order valence-corrected chi connectivity index (χ3v) is 5.47. The summed E-state index contributed by atoms with van der Waals surface area (Å²) >= 11 is 0. The van der Waals surface area contributed by atoms with Crippen molar-refractivity contribution >= 4 is 21.4 Å². The minimum atomic E-state index is -3.00. The normalized spacial score (nSPS) is 21.1. The molecule has 22 heavy (non-hydrogen) atoms. The molecule has 0 bridgehead atoms. The van der Waals surface area contributed by atoms with E-state index in [9.17, 15) is 13.2 Å². The van der Waals surface area contributed by atoms with Crippen LogP contribution in [0.2, 0.25) is 0 Å². The topological polar surface area (TPSA) is 84.5 Å². The number of carbonyl (C=O) groups excluding carboxylic acids is 1. The van der Waals surface area contributed by atoms with Crippen LogP contribution in [0, 0.1) is 6.92 Å². The fraction of sp³-hybridized carbons (Fsp3) is 0.533. The van der Waals surface area contributed by atoms with Gasteiger partial charge in [-0.1, -0.05) is 6.07 Å². The van der Waals surface area contributed by atoms with Gasteiger partial charge in [-0.05, 0) is 38.0 Å². The fourth-order valence-corrected chi connectivity index (χ4v) is 4.14. The van der Waals surface area contributed by atoms with E-state index in [2.05, 4.69) is 10.6 Å². The molecule has 6 nitrogen and oxygen atoms in total. The Kier molecular flexibility index (Phi) is 4.95. The van der Waals surface area contributed by atoms with Crippen LogP contribution in [-0.4, -0.2) is 45.0 Å². The summed E-state index contributed by atoms with van der Waals surface area (Å²) < 4.78 is 28.1. The van der Waals surface area contributed by atoms with Crippen molar-refractivity contribution in [1.29, 1.82) is 0 Å². The molecule has 0 aromatic heterocycles. The summed E-state index contributed by atoms with van der Waals surface area (Å²) in [6.45, 7) is 3.69. The average molecular weight is 326 g/mol. The van der Waals surface area contributed by atoms with E-state index in [-0.39, 0.29) is 23.5 Å². The highest BCUT2D eigenvalue weighted by molar-refractivity contribution is 7.91. The predicted octanol–water partition coefficient (Wildman–Crippen LogP) is 1.11. The number of amides is 1. The predicted molar refractivity (Wildman–Crippen MR) is 86.0 cm³/mol. The van der Waals surface area contributed by atoms with Crippen LogP contribution in [0.25, 0.3) is 0 Å². The molecule has 2 atom stereocenters. The van der Waals surface area contributed by atoms with Crippen molar-refractivity contribution < 1.29 is 17.9 Å². The van der Waals surface area contributed by atoms with E-state index in [0.29, 0.717) is 12.2 Å². The molecule has 1 aliphatic heterocycles. The Labute approximate surface area is 131 Å². The molecule has 2 unspecified atom stereocenters. The van der Waals surface area contributed by atoms with Crippen molar-refractivity contribution in [3.8, 4) is 5.75 Å². The maximum absolute atomic E-state index is 12.2. The van der Waals surface area contributed by atoms with Crippen molar-refractivity contribution in [2.75, 3.05) is 23.9 Å². The van der Waals surface area contributed by atoms with Crippen molar-refractivity contribution in [1.82, 2.24) is 5.32 Å². The first-order chi connectivity index (χ1) is 10.3. The molecule has 1 aromatic rings. The molecule has 0 aliphatic carbocycles. The number of carbonyl (C=O) groups is 1. The lowest BCUT2D eigenvalue weighted by atomic mass is 10.1. The summed E-state index contributed by atoms with van der Waals surface area (Å²) in [6, 6.07) is 4.90. The SMILES string of the molecule is COc1ccc(C)cc1NC(C)C(=O)NC1CCS(=O)(=O)C1. The lowest BCUT2D eigenvalue weighted by Gasteiger charge is -2.19. The van der Waals surface area contributed by atoms with Crippen LogP contribution < -0.4 is 15.4 Å². The second-order valence-electron chi connectivity index (χ2n) is 5.68. The summed E-state index contributed by atoms with van der Waals surface area (Å²) in [4.78, 5) is 12.2. The molecular weight excluding hydrogens is 304 g/mol. The Morgan fingerprint density at radius 2 is 2.14 bits per heavy atom. The van der Waals surface area contributed by atoms with Gasteiger partial charge in [-0.25, -0.2) is 8.42 Å². The Morgan fingerprint density at radius 1 is 1.41 bits per heavy atom. The number of hydrogen-bond donors (Lipinski definition) is 2. The third kappa shape index (κ3) is 4.13. The van der Waals surface area contributed by atoms with Crippen LogP contribution in [0.5, 0.6) is 5.75 Å². The first kappa shape index (κ1) is 16.6. The molecular formula is C15H22N2O4S. The van der Waals surface area contributed by atoms with E-state index >= 15 is 0 Å². The minimum absolute atomic E-state index is 0.0270. The van der Waals surface area contributed by atoms with Gasteiger partial charge in [0.1, 0.15) is 11.8 Å². The summed E-state index contributed by atoms with van der Waals surface area (Å²) in [5.41, 5.74) is 1.79. The van der Waals surface area contributed by atoms with Crippen LogP contribution in [-0.2, 0) is 14.6 Å². The quantitative estimate of drug-likeness (QED) is 0.847. The Balaban J connectivity index is 1.98. The zero-order chi connectivity index (χ0) is 16.3. The van der Waals surface area contributed by atoms with E-state index < -0.39 is 15.9 Å². The van der Waals surface area contributed by atoms with Crippen molar-refractivity contribution in [2.24, 2.45) is 0 Å². The number of methoxy groups -OCH3 is 1. The Morgan fingerprint density at radius 3 is 2.73 bits per heavy atom. The number of anilines is 1. The third-order valence-electron chi connectivity index (χ3n) is 3.70. The lowest BCUT2D eigenvalue weighted by molar-refractivity contribution is -0.122. The summed E-state index contributed by atoms with van der Waals surface area (Å²) in [5, 5.41) is 5.90. The molecule has 0 radical (unpaired) electrons. The van der Waals surface area contributed by atoms with Crippen molar-refractivity contribution in [3.05, 3.63) is 23.8 Å². The summed E-state index contributed by atoms with van der Waals surface area (Å²) in [6.07, 6.45) is 0.481. The number of hydrogen-bond acceptors (Lipinski definition) is 5. The standard InChI is InChI=1S/C15H22N2O4S/c1-10-4-5-14(21-3)13(8-10)16-11(2)15(18)17-12-6-7-22(19,20)9-12/h4-5,8,11-12,16H,6-7,9H2,1-3H3,(H,17,18). The van der Waals surface area contributed by atoms with Crippen LogP contribution >= 0.6 is 0 Å². The van der Waals surface area contributed by atoms with E-state index in [1.807, 2.05) is 25.1 Å². The molecule has 1 aliphatic rings. The average Bonchev–Trinajstić information content (AvgIpc) is 2.78. The molecule has 1 saturated heterocycles. The van der Waals surface area contributed by atoms with Gasteiger partial charge in [-0.2, -0.15) is 0 Å². The summed E-state index contributed by atoms with van der Waals surface area (Å²) in [5.74, 6) is 0.615. The van der Waals surface area contributed by atoms with Gasteiger partial charge < -0.3 is 15.4 Å². The van der Waals surface area contributed by atoms with Crippen LogP contribution in [0.4, 0.5) is 5.69 Å². The van der Waals surface area contributed by atoms with Gasteiger partial charge in [-0.3, -0.25) is 4.79 Å². The molecule has 1 fully saturated rings. The monoisotopic (exact) mass is 326 g/mol. The highest BCUT2D eigenvalue weighted by Gasteiger charge is 2.30. The van der Waals surface area contributed by atoms with Gasteiger partial charge in [-0.15, -0.1) is 0 Å². The number of rotatable bonds is 5. The van der Waals surface area contributed by atoms with Gasteiger partial charge >= 0.3 is 0 Å². The smallest absolute Gasteiger partial charge is 0.242 e. The van der Waals surface area contributed by atoms with Crippen molar-refractivity contribution in [2.45, 2.75) is 32.4 Å². The maximum Gasteiger partial charge on any atom is 0.242 e. The minimum Gasteiger partial charge on any atom is -0.495 e. The van der Waals surface area contributed by atoms with Crippen LogP contribution in [0.1, 0.15) is 18.9 Å². The number of aryl methyl sites for hydroxylation is 1. The molecule has 2 N–H and O–H groups in total. The number of benzene rings is 1. The molecule has 7 heteroatoms. The second-order valence-corrected chi connectivity index (χ2v) is 7.91. The summed E-state index contributed by atoms with van der Waals surface area (Å²) in [7, 11) is -1.42. The van der Waals surface area contributed by atoms with Crippen molar-refractivity contribution in [3.63, 3.8) is 0 Å². The van der Waals surface area contributed by atoms with Gasteiger partial charge in [0.05, 0.1) is 24.3 Å². The number of sulfone groups is 1. The van der Waals surface area contributed by atoms with Crippen LogP contribution in [0.15, 0.2) is 18.2 Å². The highest BCUT2D eigenvalue weighted by atomic mass is 32.2. The first-order valence-electron chi connectivity index (χ1n) is 7.23. The van der Waals surface area contributed by atoms with Gasteiger partial charge in [0.2, 0.25) is 5.91 Å². The van der Waals surface area contributed by atoms with E-state index in [0.717, 1.165) is 11.3 Å². The molecule has 0 saturated carbocycles. The molecule has 1 aromatic carbocycles. The van der Waals surface area contributed by atoms with Gasteiger partial charge in [0, 0.05) is 6.04 Å². The first-order valence-corrected chi connectivity index (χ1v) is 9.05. The van der Waals surface area contributed by atoms with E-state index in [1.54, 1.807) is 14.0 Å². The molecule has 122 valence electrons. The Bertz CT molecular complexity index is 658. The molecule has 1 heterocycles. The number of nitrogens with one attached hydrogen (secondary N) is 2. The van der Waals surface area contributed by atoms with E-state index in [1.165, 1.54) is 0 Å². The fourth-order valence-electron chi connectivity index (χ4n) is 2.47. The molecule has 0 spiro atoms. The Hall–Kier alpha value is -1.76. The zero-order valence-electron chi connectivity index (χ0n) is 13.0. The number of ether oxygens (including phenoxy) is 1. The van der Waals surface area contributed by atoms with E-state index in [4.69, 9.17) is 4.74 Å². The van der Waals surface area contributed by atoms with Crippen LogP contribution in [0.3, 0.4) is 0 Å². The van der Waals surface area contributed by atoms with Gasteiger partial charge in [0.15, 0.2) is 9.84 Å². The zero-order valence-corrected chi connectivity index (χ0v) is 13.9. The largest absolute Gasteiger partial charge is 0.495 e. The molecule has 1 amide bonds. The second kappa shape index (κ2) is 6.56. The van der Waals surface area contributed by atoms with Gasteiger partial charge in [0.25, 0.3) is 0 Å². The highest BCUT2D eigenvalue weighted by Crippen LogP contribution is 2.25. The molecule has 2 rings (SSSR count). The lowest BCUT2D eigenvalue weighted by Crippen LogP contribution is -2.43. The maximum atomic E-state index is 12.2.